The molecule has 4 heterocycles. The molecule has 2 aliphatic heterocycles. The summed E-state index contributed by atoms with van der Waals surface area (Å²) in [6.07, 6.45) is -0.853. The summed E-state index contributed by atoms with van der Waals surface area (Å²) in [5.41, 5.74) is 2.00. The van der Waals surface area contributed by atoms with Crippen molar-refractivity contribution < 1.29 is 36.7 Å². The van der Waals surface area contributed by atoms with Gasteiger partial charge in [0, 0.05) is 31.6 Å². The van der Waals surface area contributed by atoms with E-state index in [-0.39, 0.29) is 11.6 Å². The van der Waals surface area contributed by atoms with Gasteiger partial charge >= 0.3 is 12.1 Å². The van der Waals surface area contributed by atoms with E-state index in [1.165, 1.54) is 18.0 Å². The Balaban J connectivity index is 0.000000360. The second-order valence-electron chi connectivity index (χ2n) is 7.83. The Morgan fingerprint density at radius 3 is 2.56 bits per heavy atom. The molecular formula is C19H23F4N5O4. The molecule has 13 heteroatoms. The number of ether oxygens (including phenoxy) is 1. The molecule has 2 saturated heterocycles. The third-order valence-corrected chi connectivity index (χ3v) is 5.36. The lowest BCUT2D eigenvalue weighted by molar-refractivity contribution is -0.192. The molecule has 0 amide bonds. The highest BCUT2D eigenvalue weighted by atomic mass is 19.4. The highest BCUT2D eigenvalue weighted by molar-refractivity contribution is 5.73. The molecular weight excluding hydrogens is 438 g/mol. The molecule has 32 heavy (non-hydrogen) atoms. The van der Waals surface area contributed by atoms with Crippen molar-refractivity contribution >= 4 is 11.9 Å². The molecule has 176 valence electrons. The summed E-state index contributed by atoms with van der Waals surface area (Å²) < 4.78 is 56.0. The summed E-state index contributed by atoms with van der Waals surface area (Å²) in [4.78, 5) is 19.2. The summed E-state index contributed by atoms with van der Waals surface area (Å²) in [5, 5.41) is 14.4. The Morgan fingerprint density at radius 2 is 2.00 bits per heavy atom. The van der Waals surface area contributed by atoms with E-state index in [9.17, 15) is 17.6 Å². The number of halogens is 4. The molecule has 0 aliphatic carbocycles. The van der Waals surface area contributed by atoms with Crippen LogP contribution in [0.2, 0.25) is 0 Å². The molecule has 2 N–H and O–H groups in total. The first kappa shape index (κ1) is 23.9. The van der Waals surface area contributed by atoms with Crippen LogP contribution in [0.5, 0.6) is 0 Å². The van der Waals surface area contributed by atoms with E-state index in [4.69, 9.17) is 19.2 Å². The van der Waals surface area contributed by atoms with Gasteiger partial charge in [0.05, 0.1) is 36.3 Å². The lowest BCUT2D eigenvalue weighted by atomic mass is 9.97. The molecule has 2 aromatic rings. The maximum Gasteiger partial charge on any atom is 0.490 e. The third-order valence-electron chi connectivity index (χ3n) is 5.36. The first-order chi connectivity index (χ1) is 15.0. The lowest BCUT2D eigenvalue weighted by Gasteiger charge is -2.23. The zero-order valence-corrected chi connectivity index (χ0v) is 17.4. The lowest BCUT2D eigenvalue weighted by Crippen LogP contribution is -2.33. The van der Waals surface area contributed by atoms with Crippen molar-refractivity contribution in [2.45, 2.75) is 51.1 Å². The molecule has 0 saturated carbocycles. The minimum Gasteiger partial charge on any atom is -0.475 e. The van der Waals surface area contributed by atoms with Gasteiger partial charge in [-0.25, -0.2) is 19.2 Å². The third kappa shape index (κ3) is 5.91. The number of anilines is 1. The Morgan fingerprint density at radius 1 is 1.34 bits per heavy atom. The van der Waals surface area contributed by atoms with Crippen LogP contribution in [0.25, 0.3) is 0 Å². The van der Waals surface area contributed by atoms with Crippen LogP contribution in [-0.2, 0) is 16.1 Å². The van der Waals surface area contributed by atoms with Gasteiger partial charge in [0.15, 0.2) is 5.82 Å². The van der Waals surface area contributed by atoms with E-state index in [1.807, 2.05) is 13.8 Å². The van der Waals surface area contributed by atoms with E-state index in [0.29, 0.717) is 12.6 Å². The summed E-state index contributed by atoms with van der Waals surface area (Å²) >= 11 is 0. The van der Waals surface area contributed by atoms with Crippen molar-refractivity contribution in [3.63, 3.8) is 0 Å². The van der Waals surface area contributed by atoms with Crippen molar-refractivity contribution in [3.8, 4) is 0 Å². The Bertz CT molecular complexity index is 917. The van der Waals surface area contributed by atoms with Crippen LogP contribution in [-0.4, -0.2) is 68.6 Å². The number of rotatable bonds is 4. The van der Waals surface area contributed by atoms with Crippen LogP contribution < -0.4 is 5.32 Å². The molecule has 9 nitrogen and oxygen atoms in total. The van der Waals surface area contributed by atoms with Crippen LogP contribution in [0.1, 0.15) is 29.9 Å². The number of hydrogen-bond donors (Lipinski definition) is 2. The largest absolute Gasteiger partial charge is 0.490 e. The molecule has 2 aromatic heterocycles. The van der Waals surface area contributed by atoms with Gasteiger partial charge in [0.25, 0.3) is 0 Å². The maximum atomic E-state index is 12.9. The van der Waals surface area contributed by atoms with Gasteiger partial charge < -0.3 is 19.7 Å². The van der Waals surface area contributed by atoms with E-state index in [0.717, 1.165) is 43.9 Å². The van der Waals surface area contributed by atoms with Gasteiger partial charge in [-0.05, 0) is 20.3 Å². The predicted molar refractivity (Wildman–Crippen MR) is 102 cm³/mol. The second-order valence-corrected chi connectivity index (χ2v) is 7.83. The van der Waals surface area contributed by atoms with Crippen LogP contribution in [0, 0.1) is 19.7 Å². The molecule has 1 spiro atoms. The van der Waals surface area contributed by atoms with Crippen LogP contribution in [0.15, 0.2) is 16.9 Å². The van der Waals surface area contributed by atoms with Gasteiger partial charge in [-0.1, -0.05) is 5.16 Å². The fourth-order valence-corrected chi connectivity index (χ4v) is 3.80. The summed E-state index contributed by atoms with van der Waals surface area (Å²) in [6.45, 7) is 7.26. The second kappa shape index (κ2) is 9.36. The summed E-state index contributed by atoms with van der Waals surface area (Å²) in [6, 6.07) is 0.143. The molecule has 2 unspecified atom stereocenters. The molecule has 2 aliphatic rings. The smallest absolute Gasteiger partial charge is 0.475 e. The van der Waals surface area contributed by atoms with Gasteiger partial charge in [0.1, 0.15) is 5.76 Å². The number of hydrogen-bond acceptors (Lipinski definition) is 8. The number of alkyl halides is 3. The number of carbonyl (C=O) groups is 1. The van der Waals surface area contributed by atoms with E-state index in [2.05, 4.69) is 25.3 Å². The number of carboxylic acids is 1. The number of likely N-dealkylation sites (tertiary alicyclic amines) is 1. The van der Waals surface area contributed by atoms with Gasteiger partial charge in [0.2, 0.25) is 5.95 Å². The average Bonchev–Trinajstić information content (AvgIpc) is 3.39. The van der Waals surface area contributed by atoms with Crippen LogP contribution in [0.3, 0.4) is 0 Å². The highest BCUT2D eigenvalue weighted by Crippen LogP contribution is 2.36. The molecule has 2 atom stereocenters. The fourth-order valence-electron chi connectivity index (χ4n) is 3.80. The van der Waals surface area contributed by atoms with Crippen molar-refractivity contribution in [1.29, 1.82) is 0 Å². The van der Waals surface area contributed by atoms with E-state index < -0.39 is 18.0 Å². The zero-order valence-electron chi connectivity index (χ0n) is 17.4. The van der Waals surface area contributed by atoms with Crippen LogP contribution in [0.4, 0.5) is 23.5 Å². The highest BCUT2D eigenvalue weighted by Gasteiger charge is 2.45. The zero-order chi connectivity index (χ0) is 23.5. The monoisotopic (exact) mass is 461 g/mol. The Kier molecular flexibility index (Phi) is 6.98. The maximum absolute atomic E-state index is 12.9. The standard InChI is InChI=1S/C17H22FN5O2.C2HF3O2/c1-11-15(12(2)25-22-11)8-23-4-3-17(10-23)5-14(9-24-17)21-16-19-6-13(18)7-20-16;3-2(4,5)1(6)7/h6-7,14H,3-5,8-10H2,1-2H3,(H,19,20,21);(H,6,7). The fraction of sp³-hybridized carbons (Fsp3) is 0.579. The Labute approximate surface area is 180 Å². The first-order valence-corrected chi connectivity index (χ1v) is 9.80. The number of aliphatic carboxylic acids is 1. The summed E-state index contributed by atoms with van der Waals surface area (Å²) in [5.74, 6) is -1.86. The number of aryl methyl sites for hydroxylation is 2. The Hall–Kier alpha value is -2.80. The van der Waals surface area contributed by atoms with Crippen LogP contribution >= 0.6 is 0 Å². The summed E-state index contributed by atoms with van der Waals surface area (Å²) in [7, 11) is 0. The molecule has 2 fully saturated rings. The predicted octanol–water partition coefficient (Wildman–Crippen LogP) is 2.70. The topological polar surface area (TPSA) is 114 Å². The molecule has 0 radical (unpaired) electrons. The van der Waals surface area contributed by atoms with E-state index in [1.54, 1.807) is 0 Å². The minimum atomic E-state index is -5.08. The average molecular weight is 461 g/mol. The SMILES string of the molecule is Cc1noc(C)c1CN1CCC2(CC(Nc3ncc(F)cn3)CO2)C1.O=C(O)C(F)(F)F. The number of carboxylic acid groups (broad SMARTS) is 1. The minimum absolute atomic E-state index is 0.128. The molecule has 4 rings (SSSR count). The number of aromatic nitrogens is 3. The first-order valence-electron chi connectivity index (χ1n) is 9.80. The van der Waals surface area contributed by atoms with Crippen molar-refractivity contribution in [2.75, 3.05) is 25.0 Å². The van der Waals surface area contributed by atoms with Crippen molar-refractivity contribution in [2.24, 2.45) is 0 Å². The molecule has 0 bridgehead atoms. The number of nitrogens with zero attached hydrogens (tertiary/aromatic N) is 4. The van der Waals surface area contributed by atoms with Crippen molar-refractivity contribution in [3.05, 3.63) is 35.2 Å². The van der Waals surface area contributed by atoms with Gasteiger partial charge in [-0.15, -0.1) is 0 Å². The quantitative estimate of drug-likeness (QED) is 0.664. The molecule has 0 aromatic carbocycles. The van der Waals surface area contributed by atoms with E-state index >= 15 is 0 Å². The number of nitrogens with one attached hydrogen (secondary N) is 1. The normalized spacial score (nSPS) is 23.2. The van der Waals surface area contributed by atoms with Crippen molar-refractivity contribution in [1.82, 2.24) is 20.0 Å². The van der Waals surface area contributed by atoms with Gasteiger partial charge in [-0.2, -0.15) is 13.2 Å². The van der Waals surface area contributed by atoms with Gasteiger partial charge in [-0.3, -0.25) is 4.90 Å².